The van der Waals surface area contributed by atoms with E-state index in [2.05, 4.69) is 42.1 Å². The maximum atomic E-state index is 9.69. The fraction of sp³-hybridized carbons (Fsp3) is 0.348. The SMILES string of the molecule is C=CCc1ccc(OCCCn2c(CO)nc3cc(C)c(C)cc32)c(OC)c1. The van der Waals surface area contributed by atoms with Gasteiger partial charge in [0, 0.05) is 6.54 Å². The molecule has 0 fully saturated rings. The van der Waals surface area contributed by atoms with Crippen molar-refractivity contribution in [2.75, 3.05) is 13.7 Å². The second-order valence-electron chi connectivity index (χ2n) is 6.94. The third-order valence-corrected chi connectivity index (χ3v) is 4.98. The summed E-state index contributed by atoms with van der Waals surface area (Å²) in [6, 6.07) is 10.2. The second-order valence-corrected chi connectivity index (χ2v) is 6.94. The number of benzene rings is 2. The van der Waals surface area contributed by atoms with Gasteiger partial charge in [0.15, 0.2) is 11.5 Å². The molecule has 3 rings (SSSR count). The number of hydrogen-bond acceptors (Lipinski definition) is 4. The largest absolute Gasteiger partial charge is 0.493 e. The average Bonchev–Trinajstić information content (AvgIpc) is 3.03. The molecule has 0 atom stereocenters. The van der Waals surface area contributed by atoms with E-state index in [-0.39, 0.29) is 6.61 Å². The number of allylic oxidation sites excluding steroid dienone is 1. The van der Waals surface area contributed by atoms with Crippen molar-refractivity contribution in [2.45, 2.75) is 39.8 Å². The van der Waals surface area contributed by atoms with Gasteiger partial charge < -0.3 is 19.1 Å². The summed E-state index contributed by atoms with van der Waals surface area (Å²) in [5, 5.41) is 9.69. The normalized spacial score (nSPS) is 11.0. The Kier molecular flexibility index (Phi) is 6.37. The van der Waals surface area contributed by atoms with Gasteiger partial charge in [0.05, 0.1) is 24.8 Å². The molecule has 0 spiro atoms. The minimum atomic E-state index is -0.0772. The van der Waals surface area contributed by atoms with E-state index in [1.54, 1.807) is 7.11 Å². The number of methoxy groups -OCH3 is 1. The van der Waals surface area contributed by atoms with Crippen LogP contribution in [0.5, 0.6) is 11.5 Å². The van der Waals surface area contributed by atoms with E-state index in [0.717, 1.165) is 47.5 Å². The molecule has 0 amide bonds. The number of aryl methyl sites for hydroxylation is 3. The van der Waals surface area contributed by atoms with Crippen LogP contribution in [-0.2, 0) is 19.6 Å². The molecular formula is C23H28N2O3. The van der Waals surface area contributed by atoms with Crippen LogP contribution >= 0.6 is 0 Å². The van der Waals surface area contributed by atoms with Crippen LogP contribution in [0.3, 0.4) is 0 Å². The number of aliphatic hydroxyl groups excluding tert-OH is 1. The van der Waals surface area contributed by atoms with Crippen molar-refractivity contribution in [1.82, 2.24) is 9.55 Å². The number of fused-ring (bicyclic) bond motifs is 1. The summed E-state index contributed by atoms with van der Waals surface area (Å²) in [5.41, 5.74) is 5.55. The van der Waals surface area contributed by atoms with Gasteiger partial charge in [0.1, 0.15) is 12.4 Å². The minimum absolute atomic E-state index is 0.0772. The molecule has 5 nitrogen and oxygen atoms in total. The van der Waals surface area contributed by atoms with E-state index >= 15 is 0 Å². The molecule has 0 aliphatic heterocycles. The summed E-state index contributed by atoms with van der Waals surface area (Å²) >= 11 is 0. The molecule has 28 heavy (non-hydrogen) atoms. The molecule has 0 aliphatic rings. The van der Waals surface area contributed by atoms with Crippen LogP contribution in [0.2, 0.25) is 0 Å². The zero-order chi connectivity index (χ0) is 20.1. The van der Waals surface area contributed by atoms with E-state index < -0.39 is 0 Å². The van der Waals surface area contributed by atoms with E-state index in [0.29, 0.717) is 12.4 Å². The lowest BCUT2D eigenvalue weighted by Gasteiger charge is -2.13. The highest BCUT2D eigenvalue weighted by molar-refractivity contribution is 5.78. The third-order valence-electron chi connectivity index (χ3n) is 4.98. The Morgan fingerprint density at radius 2 is 1.93 bits per heavy atom. The Balaban J connectivity index is 1.69. The second kappa shape index (κ2) is 8.93. The lowest BCUT2D eigenvalue weighted by Crippen LogP contribution is -2.08. The topological polar surface area (TPSA) is 56.5 Å². The molecular weight excluding hydrogens is 352 g/mol. The minimum Gasteiger partial charge on any atom is -0.493 e. The fourth-order valence-electron chi connectivity index (χ4n) is 3.33. The van der Waals surface area contributed by atoms with E-state index in [4.69, 9.17) is 9.47 Å². The van der Waals surface area contributed by atoms with Gasteiger partial charge in [-0.05, 0) is 67.6 Å². The maximum Gasteiger partial charge on any atom is 0.161 e. The highest BCUT2D eigenvalue weighted by Gasteiger charge is 2.12. The van der Waals surface area contributed by atoms with E-state index in [1.807, 2.05) is 24.3 Å². The summed E-state index contributed by atoms with van der Waals surface area (Å²) in [6.45, 7) is 9.14. The highest BCUT2D eigenvalue weighted by atomic mass is 16.5. The molecule has 1 aromatic heterocycles. The zero-order valence-electron chi connectivity index (χ0n) is 16.9. The van der Waals surface area contributed by atoms with Crippen LogP contribution in [0.15, 0.2) is 43.0 Å². The number of imidazole rings is 1. The molecule has 0 aliphatic carbocycles. The first-order chi connectivity index (χ1) is 13.6. The molecule has 1 N–H and O–H groups in total. The van der Waals surface area contributed by atoms with Crippen molar-refractivity contribution < 1.29 is 14.6 Å². The van der Waals surface area contributed by atoms with Gasteiger partial charge in [-0.3, -0.25) is 0 Å². The lowest BCUT2D eigenvalue weighted by atomic mass is 10.1. The summed E-state index contributed by atoms with van der Waals surface area (Å²) in [5.74, 6) is 2.15. The average molecular weight is 380 g/mol. The van der Waals surface area contributed by atoms with E-state index in [9.17, 15) is 5.11 Å². The Labute approximate surface area is 166 Å². The third kappa shape index (κ3) is 4.20. The number of aromatic nitrogens is 2. The Morgan fingerprint density at radius 1 is 1.14 bits per heavy atom. The highest BCUT2D eigenvalue weighted by Crippen LogP contribution is 2.28. The Bertz CT molecular complexity index is 976. The quantitative estimate of drug-likeness (QED) is 0.443. The van der Waals surface area contributed by atoms with Crippen molar-refractivity contribution in [1.29, 1.82) is 0 Å². The van der Waals surface area contributed by atoms with Crippen LogP contribution < -0.4 is 9.47 Å². The first kappa shape index (κ1) is 20.0. The number of aliphatic hydroxyl groups is 1. The summed E-state index contributed by atoms with van der Waals surface area (Å²) in [4.78, 5) is 4.57. The number of nitrogens with zero attached hydrogens (tertiary/aromatic N) is 2. The van der Waals surface area contributed by atoms with Crippen molar-refractivity contribution in [3.05, 3.63) is 65.5 Å². The standard InChI is InChI=1S/C23H28N2O3/c1-5-7-18-8-9-21(22(14-18)27-4)28-11-6-10-25-20-13-17(3)16(2)12-19(20)24-23(25)15-26/h5,8-9,12-14,26H,1,6-7,10-11,15H2,2-4H3. The van der Waals surface area contributed by atoms with E-state index in [1.165, 1.54) is 11.1 Å². The van der Waals surface area contributed by atoms with Crippen LogP contribution in [0, 0.1) is 13.8 Å². The molecule has 3 aromatic rings. The maximum absolute atomic E-state index is 9.69. The predicted molar refractivity (Wildman–Crippen MR) is 112 cm³/mol. The number of hydrogen-bond donors (Lipinski definition) is 1. The zero-order valence-corrected chi connectivity index (χ0v) is 16.9. The van der Waals surface area contributed by atoms with Gasteiger partial charge in [0.2, 0.25) is 0 Å². The molecule has 5 heteroatoms. The molecule has 0 saturated heterocycles. The molecule has 0 saturated carbocycles. The number of rotatable bonds is 9. The van der Waals surface area contributed by atoms with Crippen LogP contribution in [-0.4, -0.2) is 28.4 Å². The van der Waals surface area contributed by atoms with Crippen LogP contribution in [0.25, 0.3) is 11.0 Å². The van der Waals surface area contributed by atoms with Gasteiger partial charge in [-0.1, -0.05) is 12.1 Å². The summed E-state index contributed by atoms with van der Waals surface area (Å²) in [7, 11) is 1.65. The Hall–Kier alpha value is -2.79. The van der Waals surface area contributed by atoms with Crippen LogP contribution in [0.4, 0.5) is 0 Å². The van der Waals surface area contributed by atoms with Crippen molar-refractivity contribution in [2.24, 2.45) is 0 Å². The molecule has 0 bridgehead atoms. The summed E-state index contributed by atoms with van der Waals surface area (Å²) in [6.07, 6.45) is 3.46. The molecule has 0 unspecified atom stereocenters. The molecule has 148 valence electrons. The molecule has 1 heterocycles. The van der Waals surface area contributed by atoms with Gasteiger partial charge in [-0.25, -0.2) is 4.98 Å². The van der Waals surface area contributed by atoms with Crippen LogP contribution in [0.1, 0.15) is 28.9 Å². The molecule has 0 radical (unpaired) electrons. The predicted octanol–water partition coefficient (Wildman–Crippen LogP) is 4.35. The Morgan fingerprint density at radius 3 is 2.64 bits per heavy atom. The van der Waals surface area contributed by atoms with Crippen molar-refractivity contribution in [3.63, 3.8) is 0 Å². The van der Waals surface area contributed by atoms with Gasteiger partial charge in [-0.15, -0.1) is 6.58 Å². The van der Waals surface area contributed by atoms with Crippen molar-refractivity contribution >= 4 is 11.0 Å². The summed E-state index contributed by atoms with van der Waals surface area (Å²) < 4.78 is 13.5. The molecule has 2 aromatic carbocycles. The van der Waals surface area contributed by atoms with Crippen molar-refractivity contribution in [3.8, 4) is 11.5 Å². The van der Waals surface area contributed by atoms with Gasteiger partial charge in [0.25, 0.3) is 0 Å². The first-order valence-electron chi connectivity index (χ1n) is 9.55. The fourth-order valence-corrected chi connectivity index (χ4v) is 3.33. The number of ether oxygens (including phenoxy) is 2. The lowest BCUT2D eigenvalue weighted by molar-refractivity contribution is 0.259. The smallest absolute Gasteiger partial charge is 0.161 e. The monoisotopic (exact) mass is 380 g/mol. The first-order valence-corrected chi connectivity index (χ1v) is 9.55. The van der Waals surface area contributed by atoms with Gasteiger partial charge in [-0.2, -0.15) is 0 Å². The van der Waals surface area contributed by atoms with Gasteiger partial charge >= 0.3 is 0 Å².